The Morgan fingerprint density at radius 2 is 2.04 bits per heavy atom. The molecule has 0 bridgehead atoms. The zero-order valence-electron chi connectivity index (χ0n) is 13.7. The van der Waals surface area contributed by atoms with Crippen LogP contribution in [0.15, 0.2) is 35.7 Å². The Kier molecular flexibility index (Phi) is 4.98. The van der Waals surface area contributed by atoms with Gasteiger partial charge in [0, 0.05) is 44.3 Å². The van der Waals surface area contributed by atoms with Crippen LogP contribution in [0.2, 0.25) is 0 Å². The third-order valence-corrected chi connectivity index (χ3v) is 5.22. The molecule has 1 amide bonds. The summed E-state index contributed by atoms with van der Waals surface area (Å²) >= 11 is 1.83. The van der Waals surface area contributed by atoms with E-state index in [9.17, 15) is 4.79 Å². The predicted octanol–water partition coefficient (Wildman–Crippen LogP) is 2.49. The van der Waals surface area contributed by atoms with Crippen molar-refractivity contribution in [3.8, 4) is 0 Å². The molecule has 1 aliphatic rings. The van der Waals surface area contributed by atoms with Gasteiger partial charge in [-0.05, 0) is 41.1 Å². The fourth-order valence-electron chi connectivity index (χ4n) is 2.81. The molecule has 122 valence electrons. The second-order valence-corrected chi connectivity index (χ2v) is 7.17. The summed E-state index contributed by atoms with van der Waals surface area (Å²) in [5, 5.41) is 5.17. The summed E-state index contributed by atoms with van der Waals surface area (Å²) in [5.41, 5.74) is 3.68. The van der Waals surface area contributed by atoms with Gasteiger partial charge in [-0.15, -0.1) is 11.3 Å². The molecule has 0 fully saturated rings. The lowest BCUT2D eigenvalue weighted by Gasteiger charge is -2.26. The summed E-state index contributed by atoms with van der Waals surface area (Å²) < 4.78 is 0. The molecule has 3 rings (SSSR count). The number of carbonyl (C=O) groups is 1. The highest BCUT2D eigenvalue weighted by molar-refractivity contribution is 7.10. The average Bonchev–Trinajstić information content (AvgIpc) is 3.01. The van der Waals surface area contributed by atoms with Crippen molar-refractivity contribution in [2.24, 2.45) is 0 Å². The van der Waals surface area contributed by atoms with Crippen molar-refractivity contribution < 1.29 is 4.79 Å². The number of hydrogen-bond acceptors (Lipinski definition) is 4. The number of fused-ring (bicyclic) bond motifs is 1. The maximum atomic E-state index is 12.2. The molecule has 0 saturated carbocycles. The van der Waals surface area contributed by atoms with Crippen molar-refractivity contribution >= 4 is 22.9 Å². The predicted molar refractivity (Wildman–Crippen MR) is 95.9 cm³/mol. The highest BCUT2D eigenvalue weighted by atomic mass is 32.1. The Balaban J connectivity index is 1.46. The van der Waals surface area contributed by atoms with Gasteiger partial charge in [-0.1, -0.05) is 12.1 Å². The molecule has 0 aliphatic carbocycles. The van der Waals surface area contributed by atoms with Crippen molar-refractivity contribution in [1.29, 1.82) is 0 Å². The van der Waals surface area contributed by atoms with E-state index in [-0.39, 0.29) is 5.91 Å². The van der Waals surface area contributed by atoms with Gasteiger partial charge in [-0.2, -0.15) is 0 Å². The number of rotatable bonds is 5. The van der Waals surface area contributed by atoms with E-state index in [0.717, 1.165) is 25.1 Å². The van der Waals surface area contributed by atoms with Crippen LogP contribution in [0.5, 0.6) is 0 Å². The van der Waals surface area contributed by atoms with Crippen LogP contribution in [0, 0.1) is 0 Å². The highest BCUT2D eigenvalue weighted by Gasteiger charge is 2.18. The number of hydrogen-bond donors (Lipinski definition) is 1. The van der Waals surface area contributed by atoms with Crippen LogP contribution < -0.4 is 10.2 Å². The van der Waals surface area contributed by atoms with Crippen LogP contribution >= 0.6 is 11.3 Å². The van der Waals surface area contributed by atoms with Gasteiger partial charge < -0.3 is 10.2 Å². The lowest BCUT2D eigenvalue weighted by Crippen LogP contribution is -2.39. The Labute approximate surface area is 141 Å². The molecule has 1 N–H and O–H groups in total. The van der Waals surface area contributed by atoms with E-state index < -0.39 is 0 Å². The lowest BCUT2D eigenvalue weighted by atomic mass is 10.1. The van der Waals surface area contributed by atoms with Gasteiger partial charge in [0.2, 0.25) is 5.91 Å². The maximum absolute atomic E-state index is 12.2. The number of nitrogens with one attached hydrogen (secondary N) is 1. The number of nitrogens with zero attached hydrogens (tertiary/aromatic N) is 2. The van der Waals surface area contributed by atoms with Gasteiger partial charge in [-0.25, -0.2) is 0 Å². The third-order valence-electron chi connectivity index (χ3n) is 4.20. The average molecular weight is 329 g/mol. The first-order chi connectivity index (χ1) is 11.1. The van der Waals surface area contributed by atoms with Crippen molar-refractivity contribution in [2.45, 2.75) is 19.5 Å². The van der Waals surface area contributed by atoms with Crippen LogP contribution in [0.1, 0.15) is 16.0 Å². The van der Waals surface area contributed by atoms with Crippen molar-refractivity contribution in [2.75, 3.05) is 32.1 Å². The molecule has 2 aromatic rings. The Bertz CT molecular complexity index is 663. The minimum Gasteiger partial charge on any atom is -0.378 e. The van der Waals surface area contributed by atoms with E-state index in [1.807, 2.05) is 25.4 Å². The zero-order valence-corrected chi connectivity index (χ0v) is 14.5. The first-order valence-corrected chi connectivity index (χ1v) is 8.80. The summed E-state index contributed by atoms with van der Waals surface area (Å²) in [5.74, 6) is 0.0976. The topological polar surface area (TPSA) is 35.6 Å². The molecule has 0 saturated heterocycles. The normalized spacial score (nSPS) is 14.3. The number of carbonyl (C=O) groups excluding carboxylic acids is 1. The molecule has 23 heavy (non-hydrogen) atoms. The van der Waals surface area contributed by atoms with E-state index >= 15 is 0 Å². The quantitative estimate of drug-likeness (QED) is 0.915. The fourth-order valence-corrected chi connectivity index (χ4v) is 3.70. The largest absolute Gasteiger partial charge is 0.378 e. The first kappa shape index (κ1) is 16.0. The molecule has 1 aliphatic heterocycles. The molecule has 0 spiro atoms. The molecular weight excluding hydrogens is 306 g/mol. The summed E-state index contributed by atoms with van der Waals surface area (Å²) in [6.45, 7) is 2.93. The summed E-state index contributed by atoms with van der Waals surface area (Å²) in [6.07, 6.45) is 1.06. The Hall–Kier alpha value is -1.85. The first-order valence-electron chi connectivity index (χ1n) is 7.92. The van der Waals surface area contributed by atoms with Crippen molar-refractivity contribution in [1.82, 2.24) is 10.2 Å². The van der Waals surface area contributed by atoms with Gasteiger partial charge in [0.1, 0.15) is 0 Å². The molecule has 2 heterocycles. The highest BCUT2D eigenvalue weighted by Crippen LogP contribution is 2.23. The minimum absolute atomic E-state index is 0.0976. The molecule has 4 nitrogen and oxygen atoms in total. The summed E-state index contributed by atoms with van der Waals surface area (Å²) in [6, 6.07) is 10.5. The monoisotopic (exact) mass is 329 g/mol. The van der Waals surface area contributed by atoms with Crippen LogP contribution in [-0.2, 0) is 24.3 Å². The second kappa shape index (κ2) is 7.15. The minimum atomic E-state index is 0.0976. The molecule has 1 aromatic heterocycles. The molecule has 5 heteroatoms. The van der Waals surface area contributed by atoms with E-state index in [1.165, 1.54) is 16.1 Å². The van der Waals surface area contributed by atoms with Gasteiger partial charge in [0.25, 0.3) is 0 Å². The van der Waals surface area contributed by atoms with Crippen molar-refractivity contribution in [3.05, 3.63) is 51.7 Å². The molecule has 1 aromatic carbocycles. The summed E-state index contributed by atoms with van der Waals surface area (Å²) in [7, 11) is 4.04. The standard InChI is InChI=1S/C18H23N3OS/c1-20(2)16-5-3-14(4-6-16)11-19-18(22)13-21-9-7-17-15(12-21)8-10-23-17/h3-6,8,10H,7,9,11-13H2,1-2H3,(H,19,22). The van der Waals surface area contributed by atoms with E-state index in [1.54, 1.807) is 0 Å². The molecule has 0 atom stereocenters. The Morgan fingerprint density at radius 3 is 2.78 bits per heavy atom. The van der Waals surface area contributed by atoms with Crippen LogP contribution in [0.3, 0.4) is 0 Å². The number of amides is 1. The molecular formula is C18H23N3OS. The van der Waals surface area contributed by atoms with Crippen molar-refractivity contribution in [3.63, 3.8) is 0 Å². The number of thiophene rings is 1. The molecule has 0 radical (unpaired) electrons. The molecule has 0 unspecified atom stereocenters. The van der Waals surface area contributed by atoms with Gasteiger partial charge in [0.15, 0.2) is 0 Å². The van der Waals surface area contributed by atoms with Gasteiger partial charge in [0.05, 0.1) is 6.54 Å². The van der Waals surface area contributed by atoms with Crippen LogP contribution in [-0.4, -0.2) is 38.0 Å². The Morgan fingerprint density at radius 1 is 1.26 bits per heavy atom. The number of anilines is 1. The summed E-state index contributed by atoms with van der Waals surface area (Å²) in [4.78, 5) is 17.9. The second-order valence-electron chi connectivity index (χ2n) is 6.17. The third kappa shape index (κ3) is 4.12. The van der Waals surface area contributed by atoms with E-state index in [2.05, 4.69) is 50.8 Å². The van der Waals surface area contributed by atoms with Crippen LogP contribution in [0.4, 0.5) is 5.69 Å². The van der Waals surface area contributed by atoms with E-state index in [4.69, 9.17) is 0 Å². The van der Waals surface area contributed by atoms with E-state index in [0.29, 0.717) is 13.1 Å². The zero-order chi connectivity index (χ0) is 16.2. The van der Waals surface area contributed by atoms with Gasteiger partial charge >= 0.3 is 0 Å². The fraction of sp³-hybridized carbons (Fsp3) is 0.389. The SMILES string of the molecule is CN(C)c1ccc(CNC(=O)CN2CCc3sccc3C2)cc1. The maximum Gasteiger partial charge on any atom is 0.234 e. The smallest absolute Gasteiger partial charge is 0.234 e. The van der Waals surface area contributed by atoms with Crippen LogP contribution in [0.25, 0.3) is 0 Å². The number of benzene rings is 1. The lowest BCUT2D eigenvalue weighted by molar-refractivity contribution is -0.122. The van der Waals surface area contributed by atoms with Gasteiger partial charge in [-0.3, -0.25) is 9.69 Å².